The van der Waals surface area contributed by atoms with E-state index in [-0.39, 0.29) is 10.8 Å². The average molecular weight is 270 g/mol. The topological polar surface area (TPSA) is 12.0 Å². The largest absolute Gasteiger partial charge is 0.317 e. The highest BCUT2D eigenvalue weighted by molar-refractivity contribution is 6.30. The van der Waals surface area contributed by atoms with Crippen LogP contribution in [0.5, 0.6) is 0 Å². The number of hydrogen-bond donors (Lipinski definition) is 1. The van der Waals surface area contributed by atoms with Crippen molar-refractivity contribution in [3.05, 3.63) is 34.1 Å². The van der Waals surface area contributed by atoms with E-state index in [0.29, 0.717) is 11.8 Å². The molecule has 1 aliphatic rings. The Morgan fingerprint density at radius 3 is 2.61 bits per heavy atom. The molecule has 0 saturated carbocycles. The zero-order valence-corrected chi connectivity index (χ0v) is 11.9. The van der Waals surface area contributed by atoms with Crippen LogP contribution in [-0.2, 0) is 6.42 Å². The molecule has 1 aromatic rings. The van der Waals surface area contributed by atoms with Crippen molar-refractivity contribution in [1.29, 1.82) is 0 Å². The second-order valence-electron chi connectivity index (χ2n) is 5.53. The van der Waals surface area contributed by atoms with Gasteiger partial charge in [0.2, 0.25) is 0 Å². The van der Waals surface area contributed by atoms with E-state index in [1.807, 2.05) is 6.07 Å². The average Bonchev–Trinajstić information content (AvgIpc) is 2.35. The van der Waals surface area contributed by atoms with Crippen LogP contribution < -0.4 is 5.32 Å². The number of benzene rings is 1. The summed E-state index contributed by atoms with van der Waals surface area (Å²) in [4.78, 5) is 0. The molecular weight excluding hydrogens is 249 g/mol. The zero-order valence-electron chi connectivity index (χ0n) is 11.1. The van der Waals surface area contributed by atoms with Crippen LogP contribution in [0.1, 0.15) is 43.7 Å². The van der Waals surface area contributed by atoms with Gasteiger partial charge in [0.25, 0.3) is 0 Å². The summed E-state index contributed by atoms with van der Waals surface area (Å²) in [5, 5.41) is 3.60. The van der Waals surface area contributed by atoms with Gasteiger partial charge < -0.3 is 5.32 Å². The molecule has 1 heterocycles. The van der Waals surface area contributed by atoms with Gasteiger partial charge in [-0.2, -0.15) is 0 Å². The summed E-state index contributed by atoms with van der Waals surface area (Å²) in [7, 11) is 0. The summed E-state index contributed by atoms with van der Waals surface area (Å²) in [6, 6.07) is 3.75. The van der Waals surface area contributed by atoms with Crippen LogP contribution in [0.3, 0.4) is 0 Å². The van der Waals surface area contributed by atoms with Gasteiger partial charge in [-0.05, 0) is 61.4 Å². The minimum absolute atomic E-state index is 0.223. The Bertz CT molecular complexity index is 411. The van der Waals surface area contributed by atoms with Crippen LogP contribution in [0.15, 0.2) is 12.1 Å². The third kappa shape index (κ3) is 3.24. The Kier molecular flexibility index (Phi) is 4.63. The van der Waals surface area contributed by atoms with Crippen LogP contribution in [0.4, 0.5) is 4.39 Å². The predicted octanol–water partition coefficient (Wildman–Crippen LogP) is 4.14. The van der Waals surface area contributed by atoms with Crippen LogP contribution >= 0.6 is 11.6 Å². The predicted molar refractivity (Wildman–Crippen MR) is 74.8 cm³/mol. The van der Waals surface area contributed by atoms with E-state index in [4.69, 9.17) is 11.6 Å². The van der Waals surface area contributed by atoms with Gasteiger partial charge >= 0.3 is 0 Å². The van der Waals surface area contributed by atoms with Crippen molar-refractivity contribution in [1.82, 2.24) is 5.32 Å². The molecule has 1 aliphatic heterocycles. The number of halogens is 2. The second-order valence-corrected chi connectivity index (χ2v) is 5.94. The highest BCUT2D eigenvalue weighted by Crippen LogP contribution is 2.28. The minimum Gasteiger partial charge on any atom is -0.317 e. The minimum atomic E-state index is -0.223. The molecule has 18 heavy (non-hydrogen) atoms. The summed E-state index contributed by atoms with van der Waals surface area (Å²) in [5.41, 5.74) is 1.92. The van der Waals surface area contributed by atoms with E-state index in [1.165, 1.54) is 0 Å². The fourth-order valence-electron chi connectivity index (χ4n) is 2.55. The highest BCUT2D eigenvalue weighted by atomic mass is 35.5. The van der Waals surface area contributed by atoms with E-state index in [0.717, 1.165) is 43.5 Å². The van der Waals surface area contributed by atoms with Gasteiger partial charge in [-0.25, -0.2) is 4.39 Å². The zero-order chi connectivity index (χ0) is 13.1. The lowest BCUT2D eigenvalue weighted by molar-refractivity contribution is 0.368. The first-order valence-electron chi connectivity index (χ1n) is 6.76. The molecule has 0 unspecified atom stereocenters. The Hall–Kier alpha value is -0.600. The van der Waals surface area contributed by atoms with E-state index in [9.17, 15) is 4.39 Å². The summed E-state index contributed by atoms with van der Waals surface area (Å²) in [6.45, 7) is 6.31. The monoisotopic (exact) mass is 269 g/mol. The fourth-order valence-corrected chi connectivity index (χ4v) is 2.80. The van der Waals surface area contributed by atoms with Crippen molar-refractivity contribution >= 4 is 11.6 Å². The Morgan fingerprint density at radius 2 is 2.00 bits per heavy atom. The Balaban J connectivity index is 2.19. The van der Waals surface area contributed by atoms with E-state index >= 15 is 0 Å². The molecule has 0 atom stereocenters. The quantitative estimate of drug-likeness (QED) is 0.869. The molecule has 2 rings (SSSR count). The maximum atomic E-state index is 14.1. The first-order valence-corrected chi connectivity index (χ1v) is 7.14. The van der Waals surface area contributed by atoms with Crippen molar-refractivity contribution in [2.75, 3.05) is 13.1 Å². The van der Waals surface area contributed by atoms with Gasteiger partial charge in [0.1, 0.15) is 5.82 Å². The van der Waals surface area contributed by atoms with Crippen molar-refractivity contribution in [3.63, 3.8) is 0 Å². The smallest absolute Gasteiger partial charge is 0.144 e. The lowest BCUT2D eigenvalue weighted by Crippen LogP contribution is -2.28. The summed E-state index contributed by atoms with van der Waals surface area (Å²) in [5.74, 6) is 0.744. The lowest BCUT2D eigenvalue weighted by Gasteiger charge is -2.23. The van der Waals surface area contributed by atoms with Crippen molar-refractivity contribution in [2.24, 2.45) is 5.92 Å². The number of nitrogens with one attached hydrogen (secondary N) is 1. The molecule has 0 aromatic heterocycles. The molecule has 100 valence electrons. The number of hydrogen-bond acceptors (Lipinski definition) is 1. The van der Waals surface area contributed by atoms with Crippen LogP contribution in [0.25, 0.3) is 0 Å². The maximum Gasteiger partial charge on any atom is 0.144 e. The number of rotatable bonds is 3. The van der Waals surface area contributed by atoms with Gasteiger partial charge in [-0.15, -0.1) is 0 Å². The molecule has 1 N–H and O–H groups in total. The van der Waals surface area contributed by atoms with Crippen molar-refractivity contribution < 1.29 is 4.39 Å². The first kappa shape index (κ1) is 13.8. The van der Waals surface area contributed by atoms with Gasteiger partial charge in [0.05, 0.1) is 5.02 Å². The normalized spacial score (nSPS) is 17.4. The molecule has 1 fully saturated rings. The van der Waals surface area contributed by atoms with Crippen LogP contribution in [0, 0.1) is 11.7 Å². The van der Waals surface area contributed by atoms with Gasteiger partial charge in [-0.1, -0.05) is 31.5 Å². The SMILES string of the molecule is CC(C)c1cc(Cl)c(F)c(CC2CCNCC2)c1. The second kappa shape index (κ2) is 6.03. The summed E-state index contributed by atoms with van der Waals surface area (Å²) < 4.78 is 14.1. The van der Waals surface area contributed by atoms with E-state index in [2.05, 4.69) is 19.2 Å². The van der Waals surface area contributed by atoms with Crippen LogP contribution in [-0.4, -0.2) is 13.1 Å². The molecule has 0 spiro atoms. The number of piperidine rings is 1. The molecule has 1 nitrogen and oxygen atoms in total. The molecule has 0 amide bonds. The lowest BCUT2D eigenvalue weighted by atomic mass is 9.89. The molecule has 0 aliphatic carbocycles. The Labute approximate surface area is 114 Å². The molecule has 1 saturated heterocycles. The first-order chi connectivity index (χ1) is 8.58. The molecule has 0 radical (unpaired) electrons. The highest BCUT2D eigenvalue weighted by Gasteiger charge is 2.18. The van der Waals surface area contributed by atoms with Crippen molar-refractivity contribution in [3.8, 4) is 0 Å². The molecular formula is C15H21ClFN. The van der Waals surface area contributed by atoms with Gasteiger partial charge in [0.15, 0.2) is 0 Å². The third-order valence-electron chi connectivity index (χ3n) is 3.76. The van der Waals surface area contributed by atoms with Crippen molar-refractivity contribution in [2.45, 2.75) is 39.0 Å². The van der Waals surface area contributed by atoms with Crippen LogP contribution in [0.2, 0.25) is 5.02 Å². The van der Waals surface area contributed by atoms with E-state index < -0.39 is 0 Å². The third-order valence-corrected chi connectivity index (χ3v) is 4.03. The standard InChI is InChI=1S/C15H21ClFN/c1-10(2)12-8-13(15(17)14(16)9-12)7-11-3-5-18-6-4-11/h8-11,18H,3-7H2,1-2H3. The fraction of sp³-hybridized carbons (Fsp3) is 0.600. The van der Waals surface area contributed by atoms with Gasteiger partial charge in [0, 0.05) is 0 Å². The summed E-state index contributed by atoms with van der Waals surface area (Å²) >= 11 is 5.99. The van der Waals surface area contributed by atoms with E-state index in [1.54, 1.807) is 6.07 Å². The molecule has 1 aromatic carbocycles. The Morgan fingerprint density at radius 1 is 1.33 bits per heavy atom. The molecule has 0 bridgehead atoms. The maximum absolute atomic E-state index is 14.1. The summed E-state index contributed by atoms with van der Waals surface area (Å²) in [6.07, 6.45) is 3.07. The van der Waals surface area contributed by atoms with Gasteiger partial charge in [-0.3, -0.25) is 0 Å². The molecule has 3 heteroatoms.